The average molecular weight is 559 g/mol. The highest BCUT2D eigenvalue weighted by Crippen LogP contribution is 2.36. The van der Waals surface area contributed by atoms with Crippen LogP contribution in [0.2, 0.25) is 0 Å². The molecule has 1 N–H and O–H groups in total. The number of aldehydes is 1. The Morgan fingerprint density at radius 3 is 2.63 bits per heavy atom. The number of aromatic hydroxyl groups is 1. The Kier molecular flexibility index (Phi) is 8.48. The molecule has 10 heteroatoms. The molecule has 2 fully saturated rings. The molecule has 1 aromatic heterocycles. The van der Waals surface area contributed by atoms with Crippen molar-refractivity contribution in [1.29, 1.82) is 0 Å². The van der Waals surface area contributed by atoms with Crippen molar-refractivity contribution in [3.05, 3.63) is 59.9 Å². The second-order valence-electron chi connectivity index (χ2n) is 10.8. The van der Waals surface area contributed by atoms with Crippen molar-refractivity contribution in [2.45, 2.75) is 19.4 Å². The van der Waals surface area contributed by atoms with Gasteiger partial charge in [-0.3, -0.25) is 9.69 Å². The normalized spacial score (nSPS) is 18.2. The lowest BCUT2D eigenvalue weighted by Gasteiger charge is -2.38. The highest BCUT2D eigenvalue weighted by atomic mass is 16.5. The number of morpholine rings is 1. The van der Waals surface area contributed by atoms with E-state index in [2.05, 4.69) is 25.7 Å². The zero-order chi connectivity index (χ0) is 28.0. The van der Waals surface area contributed by atoms with Gasteiger partial charge in [0.15, 0.2) is 0 Å². The Morgan fingerprint density at radius 2 is 1.80 bits per heavy atom. The van der Waals surface area contributed by atoms with Crippen LogP contribution in [0.5, 0.6) is 11.8 Å². The van der Waals surface area contributed by atoms with Crippen molar-refractivity contribution in [3.8, 4) is 11.8 Å². The molecule has 4 heterocycles. The molecule has 216 valence electrons. The van der Waals surface area contributed by atoms with E-state index in [1.807, 2.05) is 36.5 Å². The molecule has 3 aliphatic heterocycles. The van der Waals surface area contributed by atoms with E-state index in [1.54, 1.807) is 6.08 Å². The topological polar surface area (TPSA) is 94.5 Å². The predicted molar refractivity (Wildman–Crippen MR) is 159 cm³/mol. The molecule has 0 atom stereocenters. The lowest BCUT2D eigenvalue weighted by atomic mass is 10.0. The van der Waals surface area contributed by atoms with Crippen LogP contribution in [0.4, 0.5) is 11.5 Å². The van der Waals surface area contributed by atoms with Gasteiger partial charge in [0.05, 0.1) is 32.1 Å². The second kappa shape index (κ2) is 12.7. The number of anilines is 2. The highest BCUT2D eigenvalue weighted by Gasteiger charge is 2.28. The first kappa shape index (κ1) is 27.3. The van der Waals surface area contributed by atoms with Crippen molar-refractivity contribution in [2.75, 3.05) is 82.0 Å². The van der Waals surface area contributed by atoms with Gasteiger partial charge in [0.1, 0.15) is 17.9 Å². The van der Waals surface area contributed by atoms with Crippen molar-refractivity contribution in [2.24, 2.45) is 0 Å². The number of carbonyl (C=O) groups excluding carboxylic acids is 1. The van der Waals surface area contributed by atoms with Gasteiger partial charge < -0.3 is 29.3 Å². The van der Waals surface area contributed by atoms with E-state index in [0.29, 0.717) is 19.2 Å². The third-order valence-corrected chi connectivity index (χ3v) is 8.13. The van der Waals surface area contributed by atoms with Crippen LogP contribution in [-0.2, 0) is 22.5 Å². The quantitative estimate of drug-likeness (QED) is 0.240. The molecule has 0 amide bonds. The van der Waals surface area contributed by atoms with E-state index in [-0.39, 0.29) is 5.75 Å². The largest absolute Gasteiger partial charge is 0.508 e. The summed E-state index contributed by atoms with van der Waals surface area (Å²) in [6.45, 7) is 9.72. The predicted octanol–water partition coefficient (Wildman–Crippen LogP) is 2.83. The Hall–Kier alpha value is -3.89. The number of nitrogens with zero attached hydrogens (tertiary/aromatic N) is 6. The summed E-state index contributed by atoms with van der Waals surface area (Å²) in [6.07, 6.45) is 5.93. The highest BCUT2D eigenvalue weighted by molar-refractivity contribution is 5.95. The second-order valence-corrected chi connectivity index (χ2v) is 10.8. The van der Waals surface area contributed by atoms with E-state index in [0.717, 1.165) is 113 Å². The number of phenols is 1. The summed E-state index contributed by atoms with van der Waals surface area (Å²) < 4.78 is 11.6. The van der Waals surface area contributed by atoms with Crippen LogP contribution in [0.1, 0.15) is 17.7 Å². The number of phenolic OH excluding ortho intramolecular Hbond substituents is 1. The molecule has 41 heavy (non-hydrogen) atoms. The molecule has 0 aliphatic carbocycles. The minimum absolute atomic E-state index is 0.263. The van der Waals surface area contributed by atoms with E-state index >= 15 is 0 Å². The zero-order valence-corrected chi connectivity index (χ0v) is 23.5. The lowest BCUT2D eigenvalue weighted by molar-refractivity contribution is -0.104. The fourth-order valence-corrected chi connectivity index (χ4v) is 5.97. The molecule has 0 spiro atoms. The van der Waals surface area contributed by atoms with E-state index in [1.165, 1.54) is 5.56 Å². The first-order chi connectivity index (χ1) is 20.2. The summed E-state index contributed by atoms with van der Waals surface area (Å²) in [5, 5.41) is 12.6. The molecular weight excluding hydrogens is 520 g/mol. The molecule has 6 rings (SSSR count). The molecule has 0 unspecified atom stereocenters. The van der Waals surface area contributed by atoms with Gasteiger partial charge in [-0.15, -0.1) is 0 Å². The van der Waals surface area contributed by atoms with E-state index < -0.39 is 0 Å². The molecule has 2 aromatic carbocycles. The number of aromatic nitrogens is 2. The Bertz CT molecular complexity index is 1380. The van der Waals surface area contributed by atoms with Crippen molar-refractivity contribution < 1.29 is 19.4 Å². The number of allylic oxidation sites excluding steroid dienone is 1. The van der Waals surface area contributed by atoms with Gasteiger partial charge in [-0.05, 0) is 30.4 Å². The number of rotatable bonds is 9. The summed E-state index contributed by atoms with van der Waals surface area (Å²) in [5.74, 6) is 1.22. The SMILES string of the molecule is O=CC=CN1CCN(c2nc(OCCCN3CCOCC3)nc3c2CCN(c2cc(O)cc4ccccc24)C3)CC1. The molecule has 0 radical (unpaired) electrons. The van der Waals surface area contributed by atoms with Crippen LogP contribution in [0, 0.1) is 0 Å². The number of carbonyl (C=O) groups is 1. The van der Waals surface area contributed by atoms with Crippen molar-refractivity contribution >= 4 is 28.6 Å². The summed E-state index contributed by atoms with van der Waals surface area (Å²) in [4.78, 5) is 29.8. The molecule has 3 aliphatic rings. The summed E-state index contributed by atoms with van der Waals surface area (Å²) in [7, 11) is 0. The number of fused-ring (bicyclic) bond motifs is 2. The standard InChI is InChI=1S/C31H38N6O4/c38-17-3-8-34-11-13-36(14-12-34)30-27-7-10-37(29-22-25(39)21-24-5-1-2-6-26(24)29)23-28(27)32-31(33-30)41-18-4-9-35-15-19-40-20-16-35/h1-3,5-6,8,17,21-22,39H,4,7,9-16,18-20,23H2. The van der Waals surface area contributed by atoms with Gasteiger partial charge in [0, 0.05) is 81.3 Å². The van der Waals surface area contributed by atoms with Gasteiger partial charge in [-0.25, -0.2) is 0 Å². The van der Waals surface area contributed by atoms with Crippen molar-refractivity contribution in [1.82, 2.24) is 19.8 Å². The molecular formula is C31H38N6O4. The van der Waals surface area contributed by atoms with E-state index in [4.69, 9.17) is 19.4 Å². The van der Waals surface area contributed by atoms with Gasteiger partial charge in [0.2, 0.25) is 0 Å². The van der Waals surface area contributed by atoms with Gasteiger partial charge in [-0.2, -0.15) is 9.97 Å². The Morgan fingerprint density at radius 1 is 0.976 bits per heavy atom. The van der Waals surface area contributed by atoms with Crippen LogP contribution in [-0.4, -0.2) is 103 Å². The average Bonchev–Trinajstić information content (AvgIpc) is 3.02. The molecule has 10 nitrogen and oxygen atoms in total. The molecule has 2 saturated heterocycles. The number of hydrogen-bond acceptors (Lipinski definition) is 10. The Balaban J connectivity index is 1.23. The van der Waals surface area contributed by atoms with Gasteiger partial charge >= 0.3 is 6.01 Å². The van der Waals surface area contributed by atoms with Crippen LogP contribution >= 0.6 is 0 Å². The summed E-state index contributed by atoms with van der Waals surface area (Å²) >= 11 is 0. The third-order valence-electron chi connectivity index (χ3n) is 8.13. The zero-order valence-electron chi connectivity index (χ0n) is 23.5. The van der Waals surface area contributed by atoms with E-state index in [9.17, 15) is 9.90 Å². The number of ether oxygens (including phenoxy) is 2. The monoisotopic (exact) mass is 558 g/mol. The first-order valence-corrected chi connectivity index (χ1v) is 14.6. The maximum absolute atomic E-state index is 10.8. The third kappa shape index (κ3) is 6.39. The Labute approximate surface area is 240 Å². The number of hydrogen-bond donors (Lipinski definition) is 1. The minimum Gasteiger partial charge on any atom is -0.508 e. The fraction of sp³-hybridized carbons (Fsp3) is 0.452. The first-order valence-electron chi connectivity index (χ1n) is 14.6. The van der Waals surface area contributed by atoms with Gasteiger partial charge in [0.25, 0.3) is 0 Å². The van der Waals surface area contributed by atoms with Crippen LogP contribution in [0.3, 0.4) is 0 Å². The summed E-state index contributed by atoms with van der Waals surface area (Å²) in [6, 6.07) is 12.2. The minimum atomic E-state index is 0.263. The maximum atomic E-state index is 10.8. The van der Waals surface area contributed by atoms with Gasteiger partial charge in [-0.1, -0.05) is 24.3 Å². The molecule has 0 saturated carbocycles. The van der Waals surface area contributed by atoms with Crippen molar-refractivity contribution in [3.63, 3.8) is 0 Å². The maximum Gasteiger partial charge on any atom is 0.318 e. The smallest absolute Gasteiger partial charge is 0.318 e. The van der Waals surface area contributed by atoms with Crippen LogP contribution in [0.25, 0.3) is 10.8 Å². The molecule has 3 aromatic rings. The lowest BCUT2D eigenvalue weighted by Crippen LogP contribution is -2.45. The fourth-order valence-electron chi connectivity index (χ4n) is 5.97. The number of piperazine rings is 1. The summed E-state index contributed by atoms with van der Waals surface area (Å²) in [5.41, 5.74) is 3.15. The molecule has 0 bridgehead atoms. The van der Waals surface area contributed by atoms with Crippen LogP contribution in [0.15, 0.2) is 48.7 Å². The number of benzene rings is 2. The van der Waals surface area contributed by atoms with Crippen LogP contribution < -0.4 is 14.5 Å².